The Morgan fingerprint density at radius 3 is 2.09 bits per heavy atom. The third-order valence-electron chi connectivity index (χ3n) is 4.59. The van der Waals surface area contributed by atoms with E-state index in [1.165, 1.54) is 29.5 Å². The smallest absolute Gasteiger partial charge is 0.0406 e. The molecule has 2 aromatic carbocycles. The molecule has 0 atom stereocenters. The monoisotopic (exact) mass is 314 g/mol. The Morgan fingerprint density at radius 1 is 0.909 bits per heavy atom. The lowest BCUT2D eigenvalue weighted by molar-refractivity contribution is 0.204. The fourth-order valence-electron chi connectivity index (χ4n) is 3.20. The number of nitrogens with zero attached hydrogens (tertiary/aromatic N) is 1. The Hall–Kier alpha value is -1.35. The molecule has 2 aromatic rings. The van der Waals surface area contributed by atoms with Crippen LogP contribution in [0.15, 0.2) is 48.5 Å². The summed E-state index contributed by atoms with van der Waals surface area (Å²) in [6, 6.07) is 17.0. The molecule has 1 aliphatic rings. The van der Waals surface area contributed by atoms with Crippen molar-refractivity contribution in [1.29, 1.82) is 0 Å². The van der Waals surface area contributed by atoms with Gasteiger partial charge >= 0.3 is 0 Å². The number of hydrogen-bond acceptors (Lipinski definition) is 2. The van der Waals surface area contributed by atoms with Crippen LogP contribution >= 0.6 is 11.6 Å². The first kappa shape index (κ1) is 15.5. The second-order valence-corrected chi connectivity index (χ2v) is 6.56. The summed E-state index contributed by atoms with van der Waals surface area (Å²) in [5.41, 5.74) is 9.65. The molecule has 0 amide bonds. The third-order valence-corrected chi connectivity index (χ3v) is 4.85. The van der Waals surface area contributed by atoms with Crippen LogP contribution in [0.25, 0.3) is 0 Å². The van der Waals surface area contributed by atoms with Gasteiger partial charge in [0.15, 0.2) is 0 Å². The minimum Gasteiger partial charge on any atom is -0.326 e. The summed E-state index contributed by atoms with van der Waals surface area (Å²) in [6.45, 7) is 3.98. The molecule has 2 nitrogen and oxygen atoms in total. The summed E-state index contributed by atoms with van der Waals surface area (Å²) < 4.78 is 0. The Kier molecular flexibility index (Phi) is 5.14. The number of rotatable bonds is 4. The molecule has 0 spiro atoms. The lowest BCUT2D eigenvalue weighted by atomic mass is 9.89. The van der Waals surface area contributed by atoms with Crippen molar-refractivity contribution in [2.75, 3.05) is 13.1 Å². The highest BCUT2D eigenvalue weighted by molar-refractivity contribution is 6.30. The first-order chi connectivity index (χ1) is 10.7. The van der Waals surface area contributed by atoms with Gasteiger partial charge in [0, 0.05) is 18.1 Å². The van der Waals surface area contributed by atoms with E-state index in [-0.39, 0.29) is 0 Å². The van der Waals surface area contributed by atoms with Crippen LogP contribution in [0, 0.1) is 0 Å². The molecule has 0 aromatic heterocycles. The molecule has 3 rings (SSSR count). The molecular weight excluding hydrogens is 292 g/mol. The van der Waals surface area contributed by atoms with E-state index in [1.54, 1.807) is 0 Å². The second kappa shape index (κ2) is 7.28. The maximum absolute atomic E-state index is 5.97. The van der Waals surface area contributed by atoms with Crippen LogP contribution in [-0.2, 0) is 13.1 Å². The summed E-state index contributed by atoms with van der Waals surface area (Å²) >= 11 is 5.97. The van der Waals surface area contributed by atoms with Crippen LogP contribution in [0.4, 0.5) is 0 Å². The van der Waals surface area contributed by atoms with Crippen molar-refractivity contribution in [1.82, 2.24) is 4.90 Å². The van der Waals surface area contributed by atoms with Crippen LogP contribution in [0.5, 0.6) is 0 Å². The van der Waals surface area contributed by atoms with E-state index in [0.29, 0.717) is 12.5 Å². The van der Waals surface area contributed by atoms with Crippen LogP contribution in [0.2, 0.25) is 5.02 Å². The third kappa shape index (κ3) is 3.89. The van der Waals surface area contributed by atoms with Crippen molar-refractivity contribution in [2.24, 2.45) is 5.73 Å². The molecule has 2 N–H and O–H groups in total. The standard InChI is InChI=1S/C19H23ClN2/c20-19-7-5-17(6-8-19)18-9-11-22(12-10-18)14-16-3-1-15(13-21)2-4-16/h1-8,18H,9-14,21H2. The summed E-state index contributed by atoms with van der Waals surface area (Å²) in [6.07, 6.45) is 2.45. The van der Waals surface area contributed by atoms with Gasteiger partial charge in [-0.05, 0) is 60.7 Å². The number of benzene rings is 2. The predicted octanol–water partition coefficient (Wildman–Crippen LogP) is 4.18. The average molecular weight is 315 g/mol. The normalized spacial score (nSPS) is 16.8. The van der Waals surface area contributed by atoms with Crippen LogP contribution < -0.4 is 5.73 Å². The fourth-order valence-corrected chi connectivity index (χ4v) is 3.32. The van der Waals surface area contributed by atoms with Crippen molar-refractivity contribution in [3.8, 4) is 0 Å². The minimum atomic E-state index is 0.618. The zero-order valence-corrected chi connectivity index (χ0v) is 13.6. The van der Waals surface area contributed by atoms with Gasteiger partial charge in [0.05, 0.1) is 0 Å². The molecular formula is C19H23ClN2. The summed E-state index contributed by atoms with van der Waals surface area (Å²) in [4.78, 5) is 2.55. The van der Waals surface area contributed by atoms with Gasteiger partial charge in [-0.2, -0.15) is 0 Å². The van der Waals surface area contributed by atoms with Gasteiger partial charge in [0.25, 0.3) is 0 Å². The van der Waals surface area contributed by atoms with Crippen LogP contribution in [0.1, 0.15) is 35.4 Å². The molecule has 1 saturated heterocycles. The van der Waals surface area contributed by atoms with Gasteiger partial charge in [0.1, 0.15) is 0 Å². The maximum atomic E-state index is 5.97. The average Bonchev–Trinajstić information content (AvgIpc) is 2.57. The van der Waals surface area contributed by atoms with E-state index in [9.17, 15) is 0 Å². The Balaban J connectivity index is 1.53. The number of likely N-dealkylation sites (tertiary alicyclic amines) is 1. The molecule has 0 saturated carbocycles. The van der Waals surface area contributed by atoms with Crippen molar-refractivity contribution in [2.45, 2.75) is 31.8 Å². The van der Waals surface area contributed by atoms with Gasteiger partial charge < -0.3 is 5.73 Å². The SMILES string of the molecule is NCc1ccc(CN2CCC(c3ccc(Cl)cc3)CC2)cc1. The van der Waals surface area contributed by atoms with E-state index in [4.69, 9.17) is 17.3 Å². The highest BCUT2D eigenvalue weighted by atomic mass is 35.5. The van der Waals surface area contributed by atoms with Gasteiger partial charge in [-0.25, -0.2) is 0 Å². The highest BCUT2D eigenvalue weighted by Crippen LogP contribution is 2.29. The number of halogens is 1. The van der Waals surface area contributed by atoms with E-state index >= 15 is 0 Å². The Labute approximate surface area is 137 Å². The predicted molar refractivity (Wildman–Crippen MR) is 93.0 cm³/mol. The number of nitrogens with two attached hydrogens (primary N) is 1. The first-order valence-electron chi connectivity index (χ1n) is 8.00. The molecule has 1 heterocycles. The summed E-state index contributed by atoms with van der Waals surface area (Å²) in [5, 5.41) is 0.821. The second-order valence-electron chi connectivity index (χ2n) is 6.12. The van der Waals surface area contributed by atoms with E-state index in [0.717, 1.165) is 24.7 Å². The van der Waals surface area contributed by atoms with Crippen molar-refractivity contribution < 1.29 is 0 Å². The topological polar surface area (TPSA) is 29.3 Å². The van der Waals surface area contributed by atoms with Gasteiger partial charge in [-0.1, -0.05) is 48.0 Å². The molecule has 3 heteroatoms. The first-order valence-corrected chi connectivity index (χ1v) is 8.38. The molecule has 1 aliphatic heterocycles. The number of hydrogen-bond donors (Lipinski definition) is 1. The zero-order chi connectivity index (χ0) is 15.4. The van der Waals surface area contributed by atoms with Gasteiger partial charge in [-0.15, -0.1) is 0 Å². The molecule has 0 unspecified atom stereocenters. The minimum absolute atomic E-state index is 0.618. The molecule has 116 valence electrons. The van der Waals surface area contributed by atoms with E-state index < -0.39 is 0 Å². The lowest BCUT2D eigenvalue weighted by Crippen LogP contribution is -2.32. The highest BCUT2D eigenvalue weighted by Gasteiger charge is 2.20. The van der Waals surface area contributed by atoms with Crippen molar-refractivity contribution >= 4 is 11.6 Å². The van der Waals surface area contributed by atoms with Crippen molar-refractivity contribution in [3.63, 3.8) is 0 Å². The number of piperidine rings is 1. The summed E-state index contributed by atoms with van der Waals surface area (Å²) in [5.74, 6) is 0.674. The Morgan fingerprint density at radius 2 is 1.50 bits per heavy atom. The molecule has 1 fully saturated rings. The van der Waals surface area contributed by atoms with Gasteiger partial charge in [0.2, 0.25) is 0 Å². The molecule has 22 heavy (non-hydrogen) atoms. The summed E-state index contributed by atoms with van der Waals surface area (Å²) in [7, 11) is 0. The molecule has 0 radical (unpaired) electrons. The maximum Gasteiger partial charge on any atom is 0.0406 e. The largest absolute Gasteiger partial charge is 0.326 e. The Bertz CT molecular complexity index is 584. The molecule has 0 bridgehead atoms. The van der Waals surface area contributed by atoms with Crippen LogP contribution in [0.3, 0.4) is 0 Å². The van der Waals surface area contributed by atoms with E-state index in [2.05, 4.69) is 41.3 Å². The zero-order valence-electron chi connectivity index (χ0n) is 12.8. The van der Waals surface area contributed by atoms with Gasteiger partial charge in [-0.3, -0.25) is 4.90 Å². The molecule has 0 aliphatic carbocycles. The van der Waals surface area contributed by atoms with E-state index in [1.807, 2.05) is 12.1 Å². The van der Waals surface area contributed by atoms with Crippen LogP contribution in [-0.4, -0.2) is 18.0 Å². The lowest BCUT2D eigenvalue weighted by Gasteiger charge is -2.32. The van der Waals surface area contributed by atoms with Crippen molar-refractivity contribution in [3.05, 3.63) is 70.2 Å². The quantitative estimate of drug-likeness (QED) is 0.917. The fraction of sp³-hybridized carbons (Fsp3) is 0.368.